The molecule has 3 aromatic rings. The number of hydrogen-bond acceptors (Lipinski definition) is 4. The van der Waals surface area contributed by atoms with Gasteiger partial charge in [0.15, 0.2) is 5.82 Å². The van der Waals surface area contributed by atoms with E-state index in [0.29, 0.717) is 10.8 Å². The fourth-order valence-electron chi connectivity index (χ4n) is 2.03. The highest BCUT2D eigenvalue weighted by Crippen LogP contribution is 2.27. The third-order valence-corrected chi connectivity index (χ3v) is 2.95. The van der Waals surface area contributed by atoms with E-state index in [-0.39, 0.29) is 28.1 Å². The summed E-state index contributed by atoms with van der Waals surface area (Å²) in [6.45, 7) is 0. The zero-order chi connectivity index (χ0) is 15.1. The Bertz CT molecular complexity index is 856. The van der Waals surface area contributed by atoms with Crippen LogP contribution in [0.15, 0.2) is 36.4 Å². The molecule has 0 unspecified atom stereocenters. The van der Waals surface area contributed by atoms with Crippen molar-refractivity contribution in [2.45, 2.75) is 0 Å². The van der Waals surface area contributed by atoms with E-state index in [4.69, 9.17) is 0 Å². The molecule has 1 N–H and O–H groups in total. The van der Waals surface area contributed by atoms with Crippen LogP contribution in [0.25, 0.3) is 22.4 Å². The summed E-state index contributed by atoms with van der Waals surface area (Å²) in [5.74, 6) is -1.74. The number of benzene rings is 2. The molecular formula is C13H7F2N3O3. The molecule has 1 aromatic heterocycles. The summed E-state index contributed by atoms with van der Waals surface area (Å²) >= 11 is 0. The molecule has 0 amide bonds. The maximum absolute atomic E-state index is 13.2. The zero-order valence-electron chi connectivity index (χ0n) is 10.3. The summed E-state index contributed by atoms with van der Waals surface area (Å²) in [5, 5.41) is 20.7. The van der Waals surface area contributed by atoms with Crippen molar-refractivity contribution >= 4 is 16.7 Å². The Balaban J connectivity index is 2.24. The van der Waals surface area contributed by atoms with Gasteiger partial charge in [-0.25, -0.2) is 13.8 Å². The second-order valence-electron chi connectivity index (χ2n) is 4.34. The van der Waals surface area contributed by atoms with Crippen molar-refractivity contribution in [2.24, 2.45) is 0 Å². The smallest absolute Gasteiger partial charge is 0.271 e. The van der Waals surface area contributed by atoms with E-state index in [1.165, 1.54) is 12.1 Å². The summed E-state index contributed by atoms with van der Waals surface area (Å²) in [7, 11) is 0. The van der Waals surface area contributed by atoms with Crippen LogP contribution in [0, 0.1) is 21.7 Å². The van der Waals surface area contributed by atoms with Crippen molar-refractivity contribution in [3.8, 4) is 11.4 Å². The molecule has 2 aromatic carbocycles. The molecule has 106 valence electrons. The van der Waals surface area contributed by atoms with Crippen molar-refractivity contribution in [2.75, 3.05) is 0 Å². The first kappa shape index (κ1) is 13.0. The van der Waals surface area contributed by atoms with Crippen molar-refractivity contribution in [1.29, 1.82) is 0 Å². The number of nitrogens with zero attached hydrogens (tertiary/aromatic N) is 3. The largest absolute Gasteiger partial charge is 0.426 e. The molecule has 6 nitrogen and oxygen atoms in total. The van der Waals surface area contributed by atoms with Crippen LogP contribution in [0.3, 0.4) is 0 Å². The first-order valence-electron chi connectivity index (χ1n) is 5.78. The molecule has 0 spiro atoms. The molecule has 0 fully saturated rings. The van der Waals surface area contributed by atoms with Gasteiger partial charge in [0.25, 0.3) is 5.69 Å². The second-order valence-corrected chi connectivity index (χ2v) is 4.34. The summed E-state index contributed by atoms with van der Waals surface area (Å²) in [6.07, 6.45) is 0. The molecule has 0 aliphatic heterocycles. The molecule has 0 radical (unpaired) electrons. The van der Waals surface area contributed by atoms with Crippen LogP contribution in [-0.4, -0.2) is 19.8 Å². The van der Waals surface area contributed by atoms with E-state index in [0.717, 1.165) is 18.2 Å². The first-order valence-corrected chi connectivity index (χ1v) is 5.78. The van der Waals surface area contributed by atoms with E-state index in [1.54, 1.807) is 0 Å². The number of imidazole rings is 1. The Morgan fingerprint density at radius 2 is 1.81 bits per heavy atom. The summed E-state index contributed by atoms with van der Waals surface area (Å²) < 4.78 is 27.0. The van der Waals surface area contributed by atoms with Gasteiger partial charge in [-0.2, -0.15) is 4.73 Å². The highest BCUT2D eigenvalue weighted by Gasteiger charge is 2.16. The van der Waals surface area contributed by atoms with Gasteiger partial charge in [0.05, 0.1) is 10.4 Å². The Labute approximate surface area is 116 Å². The lowest BCUT2D eigenvalue weighted by atomic mass is 10.2. The third-order valence-electron chi connectivity index (χ3n) is 2.95. The number of non-ortho nitro benzene ring substituents is 1. The fraction of sp³-hybridized carbons (Fsp3) is 0. The molecule has 0 aliphatic rings. The standard InChI is InChI=1S/C13H7F2N3O3/c14-8-3-7(4-9(15)5-8)13-16-11-2-1-10(18(20)21)6-12(11)17(13)19/h1-6,19H. The van der Waals surface area contributed by atoms with Crippen LogP contribution in [0.1, 0.15) is 0 Å². The Morgan fingerprint density at radius 1 is 1.14 bits per heavy atom. The predicted octanol–water partition coefficient (Wildman–Crippen LogP) is 3.13. The number of nitro groups is 1. The van der Waals surface area contributed by atoms with Crippen LogP contribution in [-0.2, 0) is 0 Å². The van der Waals surface area contributed by atoms with Gasteiger partial charge >= 0.3 is 0 Å². The van der Waals surface area contributed by atoms with Gasteiger partial charge < -0.3 is 5.21 Å². The van der Waals surface area contributed by atoms with E-state index in [1.807, 2.05) is 0 Å². The van der Waals surface area contributed by atoms with Crippen molar-refractivity contribution in [3.63, 3.8) is 0 Å². The van der Waals surface area contributed by atoms with Gasteiger partial charge in [-0.1, -0.05) is 0 Å². The van der Waals surface area contributed by atoms with E-state index >= 15 is 0 Å². The number of rotatable bonds is 2. The summed E-state index contributed by atoms with van der Waals surface area (Å²) in [5.41, 5.74) is 0.134. The monoisotopic (exact) mass is 291 g/mol. The Morgan fingerprint density at radius 3 is 2.43 bits per heavy atom. The summed E-state index contributed by atoms with van der Waals surface area (Å²) in [4.78, 5) is 14.1. The van der Waals surface area contributed by atoms with Gasteiger partial charge in [-0.15, -0.1) is 0 Å². The minimum Gasteiger partial charge on any atom is -0.426 e. The second kappa shape index (κ2) is 4.51. The first-order chi connectivity index (χ1) is 9.95. The Kier molecular flexibility index (Phi) is 2.79. The average Bonchev–Trinajstić information content (AvgIpc) is 2.74. The lowest BCUT2D eigenvalue weighted by Gasteiger charge is -2.01. The van der Waals surface area contributed by atoms with E-state index < -0.39 is 16.6 Å². The quantitative estimate of drug-likeness (QED) is 0.447. The molecule has 1 heterocycles. The summed E-state index contributed by atoms with van der Waals surface area (Å²) in [6, 6.07) is 6.40. The van der Waals surface area contributed by atoms with E-state index in [2.05, 4.69) is 4.98 Å². The van der Waals surface area contributed by atoms with Gasteiger partial charge in [0.1, 0.15) is 17.2 Å². The normalized spacial score (nSPS) is 11.0. The van der Waals surface area contributed by atoms with Crippen molar-refractivity contribution < 1.29 is 18.9 Å². The molecule has 8 heteroatoms. The van der Waals surface area contributed by atoms with Gasteiger partial charge in [-0.3, -0.25) is 10.1 Å². The maximum atomic E-state index is 13.2. The zero-order valence-corrected chi connectivity index (χ0v) is 10.3. The highest BCUT2D eigenvalue weighted by atomic mass is 19.1. The maximum Gasteiger partial charge on any atom is 0.271 e. The molecule has 0 bridgehead atoms. The van der Waals surface area contributed by atoms with Gasteiger partial charge in [0, 0.05) is 23.8 Å². The van der Waals surface area contributed by atoms with Crippen LogP contribution in [0.2, 0.25) is 0 Å². The number of nitro benzene ring substituents is 1. The van der Waals surface area contributed by atoms with Gasteiger partial charge in [-0.05, 0) is 18.2 Å². The molecule has 0 aliphatic carbocycles. The highest BCUT2D eigenvalue weighted by molar-refractivity contribution is 5.82. The van der Waals surface area contributed by atoms with Gasteiger partial charge in [0.2, 0.25) is 0 Å². The van der Waals surface area contributed by atoms with Crippen LogP contribution in [0.4, 0.5) is 14.5 Å². The molecule has 0 saturated heterocycles. The molecular weight excluding hydrogens is 284 g/mol. The number of hydrogen-bond donors (Lipinski definition) is 1. The third kappa shape index (κ3) is 2.16. The predicted molar refractivity (Wildman–Crippen MR) is 68.9 cm³/mol. The fourth-order valence-corrected chi connectivity index (χ4v) is 2.03. The molecule has 0 saturated carbocycles. The number of halogens is 2. The van der Waals surface area contributed by atoms with Crippen LogP contribution >= 0.6 is 0 Å². The molecule has 0 atom stereocenters. The lowest BCUT2D eigenvalue weighted by molar-refractivity contribution is -0.384. The Hall–Kier alpha value is -3.03. The SMILES string of the molecule is O=[N+]([O-])c1ccc2nc(-c3cc(F)cc(F)c3)n(O)c2c1. The average molecular weight is 291 g/mol. The van der Waals surface area contributed by atoms with Crippen molar-refractivity contribution in [1.82, 2.24) is 9.71 Å². The van der Waals surface area contributed by atoms with Crippen LogP contribution < -0.4 is 0 Å². The minimum atomic E-state index is -0.817. The minimum absolute atomic E-state index is 0.0221. The topological polar surface area (TPSA) is 81.2 Å². The van der Waals surface area contributed by atoms with Crippen molar-refractivity contribution in [3.05, 3.63) is 58.1 Å². The molecule has 21 heavy (non-hydrogen) atoms. The number of aromatic nitrogens is 2. The van der Waals surface area contributed by atoms with Crippen LogP contribution in [0.5, 0.6) is 0 Å². The molecule has 3 rings (SSSR count). The lowest BCUT2D eigenvalue weighted by Crippen LogP contribution is -1.96. The van der Waals surface area contributed by atoms with E-state index in [9.17, 15) is 24.1 Å². The number of fused-ring (bicyclic) bond motifs is 1.